The highest BCUT2D eigenvalue weighted by molar-refractivity contribution is 7.89. The number of nitrogens with zero attached hydrogens (tertiary/aromatic N) is 1. The Hall–Kier alpha value is -3.37. The number of sulfonamides is 1. The third-order valence-corrected chi connectivity index (χ3v) is 6.55. The lowest BCUT2D eigenvalue weighted by Crippen LogP contribution is -2.32. The molecule has 0 atom stereocenters. The van der Waals surface area contributed by atoms with Gasteiger partial charge in [0.25, 0.3) is 15.9 Å². The minimum atomic E-state index is -3.94. The van der Waals surface area contributed by atoms with Crippen LogP contribution in [0.1, 0.15) is 39.5 Å². The molecule has 0 aliphatic heterocycles. The molecule has 2 aromatic heterocycles. The number of esters is 1. The van der Waals surface area contributed by atoms with Crippen LogP contribution in [-0.4, -0.2) is 37.8 Å². The van der Waals surface area contributed by atoms with Crippen molar-refractivity contribution in [3.05, 3.63) is 71.9 Å². The standard InChI is InChI=1S/C21H20N2O7S/c1-28-21(25)14-4-6-15(7-5-14)22-20(24)18-10-11-19(30-18)31(26,27)23(16-8-9-16)13-17-3-2-12-29-17/h2-7,10-12,16H,8-9,13H2,1H3,(H,22,24). The zero-order valence-corrected chi connectivity index (χ0v) is 17.4. The van der Waals surface area contributed by atoms with Gasteiger partial charge in [-0.1, -0.05) is 0 Å². The molecule has 31 heavy (non-hydrogen) atoms. The third kappa shape index (κ3) is 4.54. The smallest absolute Gasteiger partial charge is 0.337 e. The number of carbonyl (C=O) groups is 2. The van der Waals surface area contributed by atoms with Crippen molar-refractivity contribution in [3.63, 3.8) is 0 Å². The summed E-state index contributed by atoms with van der Waals surface area (Å²) in [6.07, 6.45) is 3.01. The molecule has 0 spiro atoms. The lowest BCUT2D eigenvalue weighted by molar-refractivity contribution is 0.0600. The fraction of sp³-hybridized carbons (Fsp3) is 0.238. The number of methoxy groups -OCH3 is 1. The van der Waals surface area contributed by atoms with Gasteiger partial charge in [0.05, 0.1) is 25.5 Å². The monoisotopic (exact) mass is 444 g/mol. The van der Waals surface area contributed by atoms with Crippen LogP contribution >= 0.6 is 0 Å². The highest BCUT2D eigenvalue weighted by Gasteiger charge is 2.40. The molecule has 1 saturated carbocycles. The van der Waals surface area contributed by atoms with Crippen LogP contribution in [0.2, 0.25) is 0 Å². The molecule has 1 amide bonds. The van der Waals surface area contributed by atoms with E-state index >= 15 is 0 Å². The van der Waals surface area contributed by atoms with Gasteiger partial charge >= 0.3 is 5.97 Å². The van der Waals surface area contributed by atoms with Crippen LogP contribution in [0, 0.1) is 0 Å². The number of furan rings is 2. The molecule has 1 fully saturated rings. The number of hydrogen-bond acceptors (Lipinski definition) is 7. The summed E-state index contributed by atoms with van der Waals surface area (Å²) in [5.41, 5.74) is 0.750. The molecule has 9 nitrogen and oxygen atoms in total. The molecule has 1 aliphatic carbocycles. The molecule has 1 aliphatic rings. The van der Waals surface area contributed by atoms with E-state index in [0.29, 0.717) is 17.0 Å². The maximum absolute atomic E-state index is 13.1. The first-order chi connectivity index (χ1) is 14.9. The van der Waals surface area contributed by atoms with E-state index < -0.39 is 21.9 Å². The minimum Gasteiger partial charge on any atom is -0.468 e. The minimum absolute atomic E-state index is 0.0920. The second-order valence-electron chi connectivity index (χ2n) is 7.00. The summed E-state index contributed by atoms with van der Waals surface area (Å²) >= 11 is 0. The van der Waals surface area contributed by atoms with Gasteiger partial charge in [-0.25, -0.2) is 13.2 Å². The number of benzene rings is 1. The number of carbonyl (C=O) groups excluding carboxylic acids is 2. The van der Waals surface area contributed by atoms with E-state index in [1.807, 2.05) is 0 Å². The Morgan fingerprint density at radius 2 is 1.87 bits per heavy atom. The summed E-state index contributed by atoms with van der Waals surface area (Å²) in [6.45, 7) is 0.0920. The number of ether oxygens (including phenoxy) is 1. The van der Waals surface area contributed by atoms with Crippen molar-refractivity contribution in [2.45, 2.75) is 30.5 Å². The van der Waals surface area contributed by atoms with E-state index in [1.165, 1.54) is 54.1 Å². The maximum atomic E-state index is 13.1. The molecule has 4 rings (SSSR count). The second kappa shape index (κ2) is 8.40. The first-order valence-electron chi connectivity index (χ1n) is 9.52. The van der Waals surface area contributed by atoms with Gasteiger partial charge in [-0.3, -0.25) is 4.79 Å². The lowest BCUT2D eigenvalue weighted by atomic mass is 10.2. The average molecular weight is 444 g/mol. The largest absolute Gasteiger partial charge is 0.468 e. The molecule has 0 bridgehead atoms. The molecular formula is C21H20N2O7S. The van der Waals surface area contributed by atoms with Gasteiger partial charge in [0.15, 0.2) is 5.76 Å². The van der Waals surface area contributed by atoms with E-state index in [1.54, 1.807) is 12.1 Å². The normalized spacial score (nSPS) is 13.9. The second-order valence-corrected chi connectivity index (χ2v) is 8.82. The predicted octanol–water partition coefficient (Wildman–Crippen LogP) is 3.26. The van der Waals surface area contributed by atoms with Gasteiger partial charge in [-0.05, 0) is 61.4 Å². The van der Waals surface area contributed by atoms with E-state index in [-0.39, 0.29) is 23.4 Å². The number of amides is 1. The number of nitrogens with one attached hydrogen (secondary N) is 1. The van der Waals surface area contributed by atoms with E-state index in [2.05, 4.69) is 10.1 Å². The number of rotatable bonds is 8. The van der Waals surface area contributed by atoms with Crippen molar-refractivity contribution in [2.24, 2.45) is 0 Å². The molecule has 0 saturated heterocycles. The quantitative estimate of drug-likeness (QED) is 0.530. The van der Waals surface area contributed by atoms with E-state index in [0.717, 1.165) is 12.8 Å². The fourth-order valence-electron chi connectivity index (χ4n) is 3.03. The first kappa shape index (κ1) is 20.9. The summed E-state index contributed by atoms with van der Waals surface area (Å²) in [6, 6.07) is 11.9. The Morgan fingerprint density at radius 1 is 1.13 bits per heavy atom. The first-order valence-corrected chi connectivity index (χ1v) is 11.0. The highest BCUT2D eigenvalue weighted by Crippen LogP contribution is 2.34. The molecule has 1 N–H and O–H groups in total. The third-order valence-electron chi connectivity index (χ3n) is 4.78. The molecule has 162 valence electrons. The van der Waals surface area contributed by atoms with Gasteiger partial charge in [-0.2, -0.15) is 4.31 Å². The molecule has 10 heteroatoms. The van der Waals surface area contributed by atoms with Crippen LogP contribution in [0.5, 0.6) is 0 Å². The van der Waals surface area contributed by atoms with E-state index in [4.69, 9.17) is 8.83 Å². The highest BCUT2D eigenvalue weighted by atomic mass is 32.2. The van der Waals surface area contributed by atoms with Crippen LogP contribution < -0.4 is 5.32 Å². The Bertz CT molecular complexity index is 1180. The SMILES string of the molecule is COC(=O)c1ccc(NC(=O)c2ccc(S(=O)(=O)N(Cc3ccco3)C3CC3)o2)cc1. The summed E-state index contributed by atoms with van der Waals surface area (Å²) in [4.78, 5) is 24.0. The van der Waals surface area contributed by atoms with Crippen LogP contribution in [0.25, 0.3) is 0 Å². The zero-order chi connectivity index (χ0) is 22.0. The topological polar surface area (TPSA) is 119 Å². The Kier molecular flexibility index (Phi) is 5.66. The molecule has 2 heterocycles. The van der Waals surface area contributed by atoms with Crippen LogP contribution in [-0.2, 0) is 21.3 Å². The summed E-state index contributed by atoms with van der Waals surface area (Å²) in [5, 5.41) is 2.29. The average Bonchev–Trinajstić information content (AvgIpc) is 3.25. The van der Waals surface area contributed by atoms with Crippen LogP contribution in [0.4, 0.5) is 5.69 Å². The predicted molar refractivity (Wildman–Crippen MR) is 109 cm³/mol. The van der Waals surface area contributed by atoms with Gasteiger partial charge in [0, 0.05) is 11.7 Å². The molecule has 0 unspecified atom stereocenters. The molecule has 0 radical (unpaired) electrons. The molecule has 3 aromatic rings. The summed E-state index contributed by atoms with van der Waals surface area (Å²) in [7, 11) is -2.66. The Morgan fingerprint density at radius 3 is 2.48 bits per heavy atom. The van der Waals surface area contributed by atoms with Crippen molar-refractivity contribution in [3.8, 4) is 0 Å². The lowest BCUT2D eigenvalue weighted by Gasteiger charge is -2.19. The van der Waals surface area contributed by atoms with Gasteiger partial charge in [0.1, 0.15) is 5.76 Å². The molecular weight excluding hydrogens is 424 g/mol. The van der Waals surface area contributed by atoms with Crippen molar-refractivity contribution in [1.82, 2.24) is 4.31 Å². The maximum Gasteiger partial charge on any atom is 0.337 e. The fourth-order valence-corrected chi connectivity index (χ4v) is 4.59. The van der Waals surface area contributed by atoms with Crippen molar-refractivity contribution in [2.75, 3.05) is 12.4 Å². The summed E-state index contributed by atoms with van der Waals surface area (Å²) < 4.78 is 42.8. The summed E-state index contributed by atoms with van der Waals surface area (Å²) in [5.74, 6) is -0.732. The zero-order valence-electron chi connectivity index (χ0n) is 16.6. The number of hydrogen-bond donors (Lipinski definition) is 1. The Balaban J connectivity index is 1.48. The number of anilines is 1. The van der Waals surface area contributed by atoms with E-state index in [9.17, 15) is 18.0 Å². The van der Waals surface area contributed by atoms with Gasteiger partial charge < -0.3 is 18.9 Å². The Labute approximate surface area is 178 Å². The van der Waals surface area contributed by atoms with Gasteiger partial charge in [0.2, 0.25) is 5.09 Å². The van der Waals surface area contributed by atoms with Crippen molar-refractivity contribution >= 4 is 27.6 Å². The van der Waals surface area contributed by atoms with Crippen molar-refractivity contribution in [1.29, 1.82) is 0 Å². The van der Waals surface area contributed by atoms with Crippen LogP contribution in [0.3, 0.4) is 0 Å². The van der Waals surface area contributed by atoms with Gasteiger partial charge in [-0.15, -0.1) is 0 Å². The van der Waals surface area contributed by atoms with Crippen molar-refractivity contribution < 1.29 is 31.6 Å². The van der Waals surface area contributed by atoms with Crippen LogP contribution in [0.15, 0.2) is 68.7 Å². The molecule has 1 aromatic carbocycles.